The summed E-state index contributed by atoms with van der Waals surface area (Å²) in [4.78, 5) is 10.6. The Kier molecular flexibility index (Phi) is 7.16. The number of carbonyl (C=O) groups is 1. The number of nitrogens with two attached hydrogens (primary N) is 1. The Morgan fingerprint density at radius 2 is 2.11 bits per heavy atom. The van der Waals surface area contributed by atoms with Gasteiger partial charge in [-0.2, -0.15) is 0 Å². The molecule has 0 spiro atoms. The lowest BCUT2D eigenvalue weighted by molar-refractivity contribution is -0.137. The van der Waals surface area contributed by atoms with Gasteiger partial charge in [0.2, 0.25) is 0 Å². The van der Waals surface area contributed by atoms with Crippen LogP contribution in [0, 0.1) is 0 Å². The lowest BCUT2D eigenvalue weighted by Crippen LogP contribution is -2.15. The Bertz CT molecular complexity index is 398. The normalized spacial score (nSPS) is 11.3. The van der Waals surface area contributed by atoms with Gasteiger partial charge in [-0.1, -0.05) is 6.07 Å². The fourth-order valence-electron chi connectivity index (χ4n) is 1.50. The zero-order valence-electron chi connectivity index (χ0n) is 10.4. The van der Waals surface area contributed by atoms with Crippen LogP contribution in [0.1, 0.15) is 24.9 Å². The van der Waals surface area contributed by atoms with Crippen LogP contribution in [-0.2, 0) is 4.79 Å². The molecule has 6 heteroatoms. The molecule has 5 nitrogen and oxygen atoms in total. The summed E-state index contributed by atoms with van der Waals surface area (Å²) in [5, 5.41) is 8.67. The second kappa shape index (κ2) is 7.79. The number of benzene rings is 1. The molecule has 1 rings (SSSR count). The van der Waals surface area contributed by atoms with Crippen molar-refractivity contribution in [3.8, 4) is 11.5 Å². The number of aliphatic carboxylic acids is 1. The average molecular weight is 276 g/mol. The summed E-state index contributed by atoms with van der Waals surface area (Å²) < 4.78 is 10.5. The Hall–Kier alpha value is -1.46. The highest BCUT2D eigenvalue weighted by molar-refractivity contribution is 5.85. The topological polar surface area (TPSA) is 81.8 Å². The minimum atomic E-state index is -0.926. The van der Waals surface area contributed by atoms with Crippen LogP contribution in [0.15, 0.2) is 18.2 Å². The molecule has 0 amide bonds. The minimum absolute atomic E-state index is 0. The maximum atomic E-state index is 10.6. The van der Waals surface area contributed by atoms with E-state index in [1.165, 1.54) is 7.11 Å². The van der Waals surface area contributed by atoms with Crippen LogP contribution >= 0.6 is 12.4 Å². The quantitative estimate of drug-likeness (QED) is 0.830. The first-order valence-electron chi connectivity index (χ1n) is 5.36. The Morgan fingerprint density at radius 3 is 2.61 bits per heavy atom. The molecule has 0 heterocycles. The molecule has 0 aliphatic heterocycles. The molecule has 1 aromatic carbocycles. The minimum Gasteiger partial charge on any atom is -0.493 e. The highest BCUT2D eigenvalue weighted by Gasteiger charge is 2.13. The van der Waals surface area contributed by atoms with Crippen molar-refractivity contribution in [1.29, 1.82) is 0 Å². The summed E-state index contributed by atoms with van der Waals surface area (Å²) in [6, 6.07) is 4.65. The third kappa shape index (κ3) is 4.43. The van der Waals surface area contributed by atoms with Gasteiger partial charge in [-0.05, 0) is 24.6 Å². The molecule has 0 aliphatic rings. The predicted octanol–water partition coefficient (Wildman–Crippen LogP) is 1.99. The van der Waals surface area contributed by atoms with Gasteiger partial charge in [0.1, 0.15) is 0 Å². The van der Waals surface area contributed by atoms with Crippen molar-refractivity contribution < 1.29 is 19.4 Å². The van der Waals surface area contributed by atoms with E-state index in [4.69, 9.17) is 20.3 Å². The van der Waals surface area contributed by atoms with E-state index in [1.807, 2.05) is 6.92 Å². The molecular formula is C12H18ClNO4. The van der Waals surface area contributed by atoms with Crippen LogP contribution in [0.2, 0.25) is 0 Å². The number of carboxylic acid groups (broad SMARTS) is 1. The third-order valence-corrected chi connectivity index (χ3v) is 2.31. The van der Waals surface area contributed by atoms with E-state index in [0.717, 1.165) is 0 Å². The maximum absolute atomic E-state index is 10.6. The van der Waals surface area contributed by atoms with Gasteiger partial charge in [0, 0.05) is 6.04 Å². The summed E-state index contributed by atoms with van der Waals surface area (Å²) in [6.45, 7) is 2.42. The number of methoxy groups -OCH3 is 1. The van der Waals surface area contributed by atoms with Crippen molar-refractivity contribution >= 4 is 18.4 Å². The van der Waals surface area contributed by atoms with E-state index in [0.29, 0.717) is 23.7 Å². The maximum Gasteiger partial charge on any atom is 0.305 e. The molecular weight excluding hydrogens is 258 g/mol. The highest BCUT2D eigenvalue weighted by atomic mass is 35.5. The van der Waals surface area contributed by atoms with Gasteiger partial charge >= 0.3 is 5.97 Å². The Morgan fingerprint density at radius 1 is 1.44 bits per heavy atom. The van der Waals surface area contributed by atoms with Gasteiger partial charge in [-0.3, -0.25) is 4.79 Å². The summed E-state index contributed by atoms with van der Waals surface area (Å²) in [5.41, 5.74) is 6.48. The predicted molar refractivity (Wildman–Crippen MR) is 70.6 cm³/mol. The summed E-state index contributed by atoms with van der Waals surface area (Å²) in [5.74, 6) is 0.261. The smallest absolute Gasteiger partial charge is 0.305 e. The van der Waals surface area contributed by atoms with Crippen LogP contribution in [0.25, 0.3) is 0 Å². The van der Waals surface area contributed by atoms with Crippen LogP contribution in [0.4, 0.5) is 0 Å². The van der Waals surface area contributed by atoms with E-state index in [9.17, 15) is 4.79 Å². The van der Waals surface area contributed by atoms with Gasteiger partial charge in [0.05, 0.1) is 20.1 Å². The van der Waals surface area contributed by atoms with Crippen molar-refractivity contribution in [2.45, 2.75) is 19.4 Å². The lowest BCUT2D eigenvalue weighted by atomic mass is 10.0. The summed E-state index contributed by atoms with van der Waals surface area (Å²) >= 11 is 0. The van der Waals surface area contributed by atoms with Crippen molar-refractivity contribution in [2.24, 2.45) is 5.73 Å². The first-order chi connectivity index (χ1) is 8.08. The zero-order valence-corrected chi connectivity index (χ0v) is 11.2. The van der Waals surface area contributed by atoms with Crippen molar-refractivity contribution in [1.82, 2.24) is 0 Å². The SMILES string of the molecule is CCOc1ccc(C(N)CC(=O)O)cc1OC.Cl. The second-order valence-electron chi connectivity index (χ2n) is 3.55. The van der Waals surface area contributed by atoms with E-state index < -0.39 is 12.0 Å². The van der Waals surface area contributed by atoms with Crippen molar-refractivity contribution in [3.05, 3.63) is 23.8 Å². The summed E-state index contributed by atoms with van der Waals surface area (Å²) in [6.07, 6.45) is -0.114. The number of hydrogen-bond acceptors (Lipinski definition) is 4. The first-order valence-corrected chi connectivity index (χ1v) is 5.36. The Labute approximate surface area is 112 Å². The molecule has 0 saturated carbocycles. The molecule has 0 aromatic heterocycles. The van der Waals surface area contributed by atoms with Gasteiger partial charge in [-0.25, -0.2) is 0 Å². The number of hydrogen-bond donors (Lipinski definition) is 2. The van der Waals surface area contributed by atoms with Crippen LogP contribution < -0.4 is 15.2 Å². The van der Waals surface area contributed by atoms with E-state index in [1.54, 1.807) is 18.2 Å². The molecule has 1 unspecified atom stereocenters. The van der Waals surface area contributed by atoms with Crippen molar-refractivity contribution in [3.63, 3.8) is 0 Å². The number of rotatable bonds is 6. The molecule has 18 heavy (non-hydrogen) atoms. The molecule has 0 aliphatic carbocycles. The van der Waals surface area contributed by atoms with E-state index >= 15 is 0 Å². The second-order valence-corrected chi connectivity index (χ2v) is 3.55. The van der Waals surface area contributed by atoms with E-state index in [-0.39, 0.29) is 18.8 Å². The van der Waals surface area contributed by atoms with Gasteiger partial charge in [-0.15, -0.1) is 12.4 Å². The molecule has 0 radical (unpaired) electrons. The molecule has 0 bridgehead atoms. The summed E-state index contributed by atoms with van der Waals surface area (Å²) in [7, 11) is 1.53. The fraction of sp³-hybridized carbons (Fsp3) is 0.417. The Balaban J connectivity index is 0.00000289. The van der Waals surface area contributed by atoms with Crippen LogP contribution in [-0.4, -0.2) is 24.8 Å². The number of halogens is 1. The lowest BCUT2D eigenvalue weighted by Gasteiger charge is -2.14. The molecule has 0 fully saturated rings. The molecule has 102 valence electrons. The number of carboxylic acids is 1. The molecule has 3 N–H and O–H groups in total. The monoisotopic (exact) mass is 275 g/mol. The third-order valence-electron chi connectivity index (χ3n) is 2.31. The largest absolute Gasteiger partial charge is 0.493 e. The number of ether oxygens (including phenoxy) is 2. The average Bonchev–Trinajstić information content (AvgIpc) is 2.29. The molecule has 1 aromatic rings. The molecule has 1 atom stereocenters. The highest BCUT2D eigenvalue weighted by Crippen LogP contribution is 2.30. The van der Waals surface area contributed by atoms with Crippen molar-refractivity contribution in [2.75, 3.05) is 13.7 Å². The van der Waals surface area contributed by atoms with Crippen LogP contribution in [0.5, 0.6) is 11.5 Å². The standard InChI is InChI=1S/C12H17NO4.ClH/c1-3-17-10-5-4-8(6-11(10)16-2)9(13)7-12(14)15;/h4-6,9H,3,7,13H2,1-2H3,(H,14,15);1H. The first kappa shape index (κ1) is 16.5. The molecule has 0 saturated heterocycles. The van der Waals surface area contributed by atoms with Gasteiger partial charge in [0.15, 0.2) is 11.5 Å². The van der Waals surface area contributed by atoms with Crippen LogP contribution in [0.3, 0.4) is 0 Å². The van der Waals surface area contributed by atoms with Gasteiger partial charge in [0.25, 0.3) is 0 Å². The van der Waals surface area contributed by atoms with E-state index in [2.05, 4.69) is 0 Å². The fourth-order valence-corrected chi connectivity index (χ4v) is 1.50. The zero-order chi connectivity index (χ0) is 12.8. The van der Waals surface area contributed by atoms with Gasteiger partial charge < -0.3 is 20.3 Å².